The summed E-state index contributed by atoms with van der Waals surface area (Å²) >= 11 is 5.90. The smallest absolute Gasteiger partial charge is 0.329 e. The van der Waals surface area contributed by atoms with E-state index in [1.807, 2.05) is 0 Å². The Morgan fingerprint density at radius 1 is 1.22 bits per heavy atom. The molecule has 1 N–H and O–H groups in total. The van der Waals surface area contributed by atoms with Crippen molar-refractivity contribution in [3.8, 4) is 0 Å². The first-order chi connectivity index (χ1) is 8.39. The van der Waals surface area contributed by atoms with Gasteiger partial charge in [-0.1, -0.05) is 11.6 Å². The summed E-state index contributed by atoms with van der Waals surface area (Å²) in [7, 11) is 0. The van der Waals surface area contributed by atoms with Crippen LogP contribution in [0.1, 0.15) is 24.8 Å². The van der Waals surface area contributed by atoms with Crippen molar-refractivity contribution in [2.75, 3.05) is 11.4 Å². The molecule has 0 saturated carbocycles. The van der Waals surface area contributed by atoms with Gasteiger partial charge in [0.05, 0.1) is 16.3 Å². The molecule has 0 aromatic heterocycles. The number of alkyl halides is 3. The van der Waals surface area contributed by atoms with Crippen LogP contribution in [0.25, 0.3) is 0 Å². The van der Waals surface area contributed by atoms with Crippen molar-refractivity contribution < 1.29 is 13.2 Å². The highest BCUT2D eigenvalue weighted by molar-refractivity contribution is 6.34. The molecule has 98 valence electrons. The predicted octanol–water partition coefficient (Wildman–Crippen LogP) is 4.33. The Balaban J connectivity index is 2.32. The first-order valence-electron chi connectivity index (χ1n) is 5.61. The number of benzene rings is 1. The van der Waals surface area contributed by atoms with Gasteiger partial charge in [0.2, 0.25) is 0 Å². The third-order valence-corrected chi connectivity index (χ3v) is 3.24. The van der Waals surface area contributed by atoms with E-state index in [-0.39, 0.29) is 5.02 Å². The average Bonchev–Trinajstić information content (AvgIpc) is 2.29. The lowest BCUT2D eigenvalue weighted by atomic mass is 10.1. The molecule has 1 saturated heterocycles. The fourth-order valence-electron chi connectivity index (χ4n) is 2.00. The van der Waals surface area contributed by atoms with E-state index in [0.717, 1.165) is 25.0 Å². The van der Waals surface area contributed by atoms with E-state index in [0.29, 0.717) is 24.5 Å². The van der Waals surface area contributed by atoms with Gasteiger partial charge in [-0.15, -0.1) is 0 Å². The minimum absolute atomic E-state index is 0.0384. The molecule has 0 aliphatic carbocycles. The van der Waals surface area contributed by atoms with Gasteiger partial charge >= 0.3 is 6.18 Å². The highest BCUT2D eigenvalue weighted by atomic mass is 35.5. The van der Waals surface area contributed by atoms with Crippen LogP contribution in [0.4, 0.5) is 18.9 Å². The number of nitrogens with zero attached hydrogens (tertiary/aromatic N) is 1. The van der Waals surface area contributed by atoms with Gasteiger partial charge in [0.15, 0.2) is 0 Å². The number of nitrogens with one attached hydrogen (secondary N) is 1. The molecule has 1 aliphatic heterocycles. The normalized spacial score (nSPS) is 17.1. The Bertz CT molecular complexity index is 471. The van der Waals surface area contributed by atoms with Crippen LogP contribution in [-0.4, -0.2) is 12.4 Å². The van der Waals surface area contributed by atoms with Crippen molar-refractivity contribution >= 4 is 23.1 Å². The van der Waals surface area contributed by atoms with Crippen molar-refractivity contribution in [3.63, 3.8) is 0 Å². The quantitative estimate of drug-likeness (QED) is 0.812. The van der Waals surface area contributed by atoms with Gasteiger partial charge in [-0.05, 0) is 31.0 Å². The Labute approximate surface area is 108 Å². The lowest BCUT2D eigenvalue weighted by Crippen LogP contribution is -2.34. The van der Waals surface area contributed by atoms with Crippen molar-refractivity contribution in [2.45, 2.75) is 25.4 Å². The molecule has 0 bridgehead atoms. The van der Waals surface area contributed by atoms with Crippen LogP contribution in [-0.2, 0) is 6.18 Å². The summed E-state index contributed by atoms with van der Waals surface area (Å²) in [6.07, 6.45) is -1.90. The summed E-state index contributed by atoms with van der Waals surface area (Å²) in [5, 5.41) is 7.84. The molecular formula is C12H12ClF3N2. The molecule has 0 radical (unpaired) electrons. The van der Waals surface area contributed by atoms with E-state index in [2.05, 4.69) is 0 Å². The summed E-state index contributed by atoms with van der Waals surface area (Å²) in [5.74, 6) is 0.405. The molecule has 1 aliphatic rings. The molecule has 1 fully saturated rings. The number of halogens is 4. The van der Waals surface area contributed by atoms with Crippen molar-refractivity contribution in [2.24, 2.45) is 0 Å². The zero-order valence-corrected chi connectivity index (χ0v) is 10.3. The van der Waals surface area contributed by atoms with Gasteiger partial charge in [0.25, 0.3) is 0 Å². The molecule has 1 heterocycles. The first-order valence-corrected chi connectivity index (χ1v) is 5.99. The van der Waals surface area contributed by atoms with E-state index < -0.39 is 11.7 Å². The van der Waals surface area contributed by atoms with E-state index >= 15 is 0 Å². The second-order valence-electron chi connectivity index (χ2n) is 4.22. The van der Waals surface area contributed by atoms with Crippen LogP contribution in [0, 0.1) is 5.41 Å². The summed E-state index contributed by atoms with van der Waals surface area (Å²) < 4.78 is 37.5. The Morgan fingerprint density at radius 3 is 2.50 bits per heavy atom. The summed E-state index contributed by atoms with van der Waals surface area (Å²) in [5.41, 5.74) is -0.283. The zero-order valence-electron chi connectivity index (χ0n) is 9.52. The Kier molecular flexibility index (Phi) is 3.52. The molecule has 6 heteroatoms. The number of amidine groups is 1. The predicted molar refractivity (Wildman–Crippen MR) is 65.4 cm³/mol. The fourth-order valence-corrected chi connectivity index (χ4v) is 2.28. The number of anilines is 1. The summed E-state index contributed by atoms with van der Waals surface area (Å²) in [6, 6.07) is 3.26. The van der Waals surface area contributed by atoms with Crippen LogP contribution in [0.15, 0.2) is 18.2 Å². The van der Waals surface area contributed by atoms with Gasteiger partial charge in [0, 0.05) is 13.0 Å². The molecule has 0 amide bonds. The highest BCUT2D eigenvalue weighted by Gasteiger charge is 2.31. The second-order valence-corrected chi connectivity index (χ2v) is 4.63. The van der Waals surface area contributed by atoms with Gasteiger partial charge in [0.1, 0.15) is 5.84 Å². The lowest BCUT2D eigenvalue weighted by Gasteiger charge is -2.30. The molecule has 1 aromatic rings. The van der Waals surface area contributed by atoms with E-state index in [1.165, 1.54) is 6.07 Å². The topological polar surface area (TPSA) is 27.1 Å². The highest BCUT2D eigenvalue weighted by Crippen LogP contribution is 2.36. The van der Waals surface area contributed by atoms with Crippen LogP contribution in [0.3, 0.4) is 0 Å². The molecule has 0 unspecified atom stereocenters. The molecule has 2 nitrogen and oxygen atoms in total. The van der Waals surface area contributed by atoms with Crippen LogP contribution < -0.4 is 4.90 Å². The standard InChI is InChI=1S/C12H12ClF3N2/c13-9-7-8(12(14,15)16)4-5-10(9)18-6-2-1-3-11(18)17/h4-5,7,17H,1-3,6H2. The van der Waals surface area contributed by atoms with Crippen molar-refractivity contribution in [1.29, 1.82) is 5.41 Å². The second kappa shape index (κ2) is 4.80. The maximum atomic E-state index is 12.5. The van der Waals surface area contributed by atoms with Crippen LogP contribution in [0.5, 0.6) is 0 Å². The Morgan fingerprint density at radius 2 is 1.94 bits per heavy atom. The fraction of sp³-hybridized carbons (Fsp3) is 0.417. The first kappa shape index (κ1) is 13.2. The number of hydrogen-bond donors (Lipinski definition) is 1. The molecule has 0 atom stereocenters. The van der Waals surface area contributed by atoms with Gasteiger partial charge in [-0.25, -0.2) is 0 Å². The van der Waals surface area contributed by atoms with Crippen molar-refractivity contribution in [1.82, 2.24) is 0 Å². The third-order valence-electron chi connectivity index (χ3n) is 2.94. The maximum absolute atomic E-state index is 12.5. The SMILES string of the molecule is N=C1CCCCN1c1ccc(C(F)(F)F)cc1Cl. The lowest BCUT2D eigenvalue weighted by molar-refractivity contribution is -0.137. The van der Waals surface area contributed by atoms with Crippen LogP contribution >= 0.6 is 11.6 Å². The molecule has 18 heavy (non-hydrogen) atoms. The molecule has 2 rings (SSSR count). The number of hydrogen-bond acceptors (Lipinski definition) is 1. The average molecular weight is 277 g/mol. The van der Waals surface area contributed by atoms with Gasteiger partial charge in [-0.3, -0.25) is 5.41 Å². The van der Waals surface area contributed by atoms with E-state index in [1.54, 1.807) is 4.90 Å². The minimum Gasteiger partial charge on any atom is -0.329 e. The monoisotopic (exact) mass is 276 g/mol. The molecule has 1 aromatic carbocycles. The summed E-state index contributed by atoms with van der Waals surface area (Å²) in [4.78, 5) is 1.67. The zero-order chi connectivity index (χ0) is 13.3. The van der Waals surface area contributed by atoms with Crippen molar-refractivity contribution in [3.05, 3.63) is 28.8 Å². The molecular weight excluding hydrogens is 265 g/mol. The number of piperidine rings is 1. The van der Waals surface area contributed by atoms with E-state index in [9.17, 15) is 13.2 Å². The summed E-state index contributed by atoms with van der Waals surface area (Å²) in [6.45, 7) is 0.629. The number of rotatable bonds is 1. The Hall–Kier alpha value is -1.23. The van der Waals surface area contributed by atoms with Gasteiger partial charge in [-0.2, -0.15) is 13.2 Å². The largest absolute Gasteiger partial charge is 0.416 e. The van der Waals surface area contributed by atoms with Crippen LogP contribution in [0.2, 0.25) is 5.02 Å². The maximum Gasteiger partial charge on any atom is 0.416 e. The molecule has 0 spiro atoms. The minimum atomic E-state index is -4.39. The van der Waals surface area contributed by atoms with Gasteiger partial charge < -0.3 is 4.90 Å². The third kappa shape index (κ3) is 2.61. The van der Waals surface area contributed by atoms with E-state index in [4.69, 9.17) is 17.0 Å².